The molecule has 0 saturated carbocycles. The fraction of sp³-hybridized carbons (Fsp3) is 0. The predicted octanol–water partition coefficient (Wildman–Crippen LogP) is 16.1. The highest BCUT2D eigenvalue weighted by Gasteiger charge is 2.24. The zero-order chi connectivity index (χ0) is 38.2. The van der Waals surface area contributed by atoms with Gasteiger partial charge in [-0.15, -0.1) is 0 Å². The van der Waals surface area contributed by atoms with E-state index in [9.17, 15) is 0 Å². The third-order valence-corrected chi connectivity index (χ3v) is 12.7. The van der Waals surface area contributed by atoms with E-state index >= 15 is 0 Å². The first-order valence-electron chi connectivity index (χ1n) is 19.7. The lowest BCUT2D eigenvalue weighted by Gasteiger charge is -2.28. The number of hydrogen-bond donors (Lipinski definition) is 0. The number of benzene rings is 10. The average molecular weight is 759 g/mol. The molecule has 10 aromatic carbocycles. The van der Waals surface area contributed by atoms with Gasteiger partial charge in [-0.25, -0.2) is 0 Å². The van der Waals surface area contributed by atoms with Crippen molar-refractivity contribution in [3.05, 3.63) is 206 Å². The number of para-hydroxylation sites is 3. The molecule has 272 valence electrons. The van der Waals surface area contributed by atoms with Gasteiger partial charge in [-0.05, 0) is 129 Å². The Morgan fingerprint density at radius 1 is 0.310 bits per heavy atom. The molecule has 11 aromatic rings. The van der Waals surface area contributed by atoms with E-state index in [4.69, 9.17) is 4.42 Å². The lowest BCUT2D eigenvalue weighted by Crippen LogP contribution is -2.10. The highest BCUT2D eigenvalue weighted by molar-refractivity contribution is 7.99. The summed E-state index contributed by atoms with van der Waals surface area (Å²) in [5.74, 6) is 0. The van der Waals surface area contributed by atoms with E-state index in [-0.39, 0.29) is 0 Å². The van der Waals surface area contributed by atoms with Crippen LogP contribution in [-0.4, -0.2) is 0 Å². The summed E-state index contributed by atoms with van der Waals surface area (Å²) in [5.41, 5.74) is 11.0. The summed E-state index contributed by atoms with van der Waals surface area (Å²) in [6, 6.07) is 74.5. The van der Waals surface area contributed by atoms with E-state index in [1.54, 1.807) is 0 Å². The summed E-state index contributed by atoms with van der Waals surface area (Å²) in [6.07, 6.45) is 0. The summed E-state index contributed by atoms with van der Waals surface area (Å²) in [5, 5.41) is 9.77. The van der Waals surface area contributed by atoms with Crippen molar-refractivity contribution in [3.63, 3.8) is 0 Å². The predicted molar refractivity (Wildman–Crippen MR) is 245 cm³/mol. The molecule has 0 amide bonds. The van der Waals surface area contributed by atoms with E-state index in [1.165, 1.54) is 53.2 Å². The Labute approximate surface area is 340 Å². The van der Waals surface area contributed by atoms with Crippen molar-refractivity contribution < 1.29 is 4.42 Å². The van der Waals surface area contributed by atoms with Crippen molar-refractivity contribution in [3.8, 4) is 11.1 Å². The minimum absolute atomic E-state index is 0.881. The molecule has 1 aliphatic heterocycles. The Morgan fingerprint density at radius 3 is 1.72 bits per heavy atom. The van der Waals surface area contributed by atoms with Crippen LogP contribution in [0.4, 0.5) is 34.1 Å². The van der Waals surface area contributed by atoms with E-state index in [0.717, 1.165) is 56.1 Å². The van der Waals surface area contributed by atoms with Crippen LogP contribution < -0.4 is 9.80 Å². The molecule has 0 bridgehead atoms. The van der Waals surface area contributed by atoms with Crippen LogP contribution in [0.1, 0.15) is 0 Å². The number of rotatable bonds is 6. The number of hydrogen-bond acceptors (Lipinski definition) is 4. The normalized spacial score (nSPS) is 12.1. The molecule has 1 aromatic heterocycles. The Balaban J connectivity index is 0.987. The van der Waals surface area contributed by atoms with Crippen LogP contribution in [0.5, 0.6) is 0 Å². The lowest BCUT2D eigenvalue weighted by molar-refractivity contribution is 0.669. The largest absolute Gasteiger partial charge is 0.456 e. The monoisotopic (exact) mass is 758 g/mol. The van der Waals surface area contributed by atoms with Gasteiger partial charge in [0.15, 0.2) is 0 Å². The van der Waals surface area contributed by atoms with Crippen LogP contribution in [0, 0.1) is 0 Å². The summed E-state index contributed by atoms with van der Waals surface area (Å²) in [6.45, 7) is 0. The molecule has 0 saturated heterocycles. The maximum atomic E-state index is 6.36. The van der Waals surface area contributed by atoms with Crippen LogP contribution in [0.15, 0.2) is 220 Å². The van der Waals surface area contributed by atoms with Gasteiger partial charge in [0.25, 0.3) is 0 Å². The van der Waals surface area contributed by atoms with Crippen molar-refractivity contribution in [2.24, 2.45) is 0 Å². The molecule has 0 fully saturated rings. The van der Waals surface area contributed by atoms with Gasteiger partial charge in [0.2, 0.25) is 0 Å². The van der Waals surface area contributed by atoms with Crippen LogP contribution >= 0.6 is 11.8 Å². The molecule has 0 spiro atoms. The molecule has 4 heteroatoms. The van der Waals surface area contributed by atoms with E-state index in [0.29, 0.717) is 0 Å². The molecule has 0 radical (unpaired) electrons. The molecule has 0 aliphatic carbocycles. The molecular weight excluding hydrogens is 725 g/mol. The van der Waals surface area contributed by atoms with Crippen molar-refractivity contribution in [1.29, 1.82) is 0 Å². The van der Waals surface area contributed by atoms with Crippen molar-refractivity contribution >= 4 is 100 Å². The standard InChI is InChI=1S/C54H34N2OS/c1-3-14-38(15-4-1)55(40-24-22-35-12-7-8-13-36(35)30-40)41-25-23-37-31-49-46-29-27-43(34-53(46)58-52-21-11-19-47(54(49)52)48(37)32-41)56(39-16-5-2-6-17-39)42-26-28-45-44-18-9-10-20-50(44)57-51(45)33-42/h1-34H. The van der Waals surface area contributed by atoms with E-state index in [2.05, 4.69) is 204 Å². The van der Waals surface area contributed by atoms with Crippen LogP contribution in [-0.2, 0) is 0 Å². The van der Waals surface area contributed by atoms with Gasteiger partial charge in [-0.2, -0.15) is 0 Å². The number of fused-ring (bicyclic) bond motifs is 8. The second-order valence-electron chi connectivity index (χ2n) is 14.9. The molecule has 12 rings (SSSR count). The van der Waals surface area contributed by atoms with Gasteiger partial charge in [0.1, 0.15) is 11.2 Å². The topological polar surface area (TPSA) is 19.6 Å². The first kappa shape index (κ1) is 32.9. The third-order valence-electron chi connectivity index (χ3n) is 11.6. The van der Waals surface area contributed by atoms with Gasteiger partial charge in [0.05, 0.1) is 0 Å². The van der Waals surface area contributed by atoms with E-state index < -0.39 is 0 Å². The fourth-order valence-electron chi connectivity index (χ4n) is 8.89. The first-order valence-corrected chi connectivity index (χ1v) is 20.5. The summed E-state index contributed by atoms with van der Waals surface area (Å²) >= 11 is 1.86. The smallest absolute Gasteiger partial charge is 0.137 e. The quantitative estimate of drug-likeness (QED) is 0.157. The molecule has 0 N–H and O–H groups in total. The van der Waals surface area contributed by atoms with Crippen LogP contribution in [0.2, 0.25) is 0 Å². The average Bonchev–Trinajstić information content (AvgIpc) is 3.65. The molecule has 2 heterocycles. The maximum absolute atomic E-state index is 6.36. The lowest BCUT2D eigenvalue weighted by atomic mass is 9.92. The summed E-state index contributed by atoms with van der Waals surface area (Å²) in [7, 11) is 0. The number of furan rings is 1. The second-order valence-corrected chi connectivity index (χ2v) is 16.0. The van der Waals surface area contributed by atoms with E-state index in [1.807, 2.05) is 23.9 Å². The van der Waals surface area contributed by atoms with Gasteiger partial charge in [-0.1, -0.05) is 121 Å². The molecule has 3 nitrogen and oxygen atoms in total. The van der Waals surface area contributed by atoms with Crippen LogP contribution in [0.3, 0.4) is 0 Å². The van der Waals surface area contributed by atoms with Gasteiger partial charge < -0.3 is 14.2 Å². The highest BCUT2D eigenvalue weighted by atomic mass is 32.2. The molecule has 58 heavy (non-hydrogen) atoms. The highest BCUT2D eigenvalue weighted by Crippen LogP contribution is 2.52. The molecular formula is C54H34N2OS. The molecule has 0 atom stereocenters. The summed E-state index contributed by atoms with van der Waals surface area (Å²) in [4.78, 5) is 7.22. The Kier molecular flexibility index (Phi) is 7.47. The Hall–Kier alpha value is -7.27. The minimum atomic E-state index is 0.881. The zero-order valence-corrected chi connectivity index (χ0v) is 32.2. The molecule has 1 aliphatic rings. The zero-order valence-electron chi connectivity index (χ0n) is 31.3. The van der Waals surface area contributed by atoms with Crippen molar-refractivity contribution in [2.75, 3.05) is 9.80 Å². The molecule has 0 unspecified atom stereocenters. The third kappa shape index (κ3) is 5.30. The van der Waals surface area contributed by atoms with Crippen molar-refractivity contribution in [1.82, 2.24) is 0 Å². The minimum Gasteiger partial charge on any atom is -0.456 e. The SMILES string of the molecule is c1ccc(N(c2ccc3c(c2)Sc2cccc4c2c-3cc2ccc(N(c3ccccc3)c3ccc5ccccc5c3)cc24)c2ccc3c(c2)oc2ccccc23)cc1. The van der Waals surface area contributed by atoms with Gasteiger partial charge >= 0.3 is 0 Å². The van der Waals surface area contributed by atoms with Gasteiger partial charge in [-0.3, -0.25) is 0 Å². The number of anilines is 6. The Bertz CT molecular complexity index is 3390. The van der Waals surface area contributed by atoms with Crippen LogP contribution in [0.25, 0.3) is 65.4 Å². The van der Waals surface area contributed by atoms with Crippen molar-refractivity contribution in [2.45, 2.75) is 9.79 Å². The summed E-state index contributed by atoms with van der Waals surface area (Å²) < 4.78 is 6.36. The fourth-order valence-corrected chi connectivity index (χ4v) is 10.1. The first-order chi connectivity index (χ1) is 28.7. The maximum Gasteiger partial charge on any atom is 0.137 e. The number of nitrogens with zero attached hydrogens (tertiary/aromatic N) is 2. The Morgan fingerprint density at radius 2 is 0.914 bits per heavy atom. The van der Waals surface area contributed by atoms with Gasteiger partial charge in [0, 0.05) is 66.1 Å². The second kappa shape index (κ2) is 13.2.